The van der Waals surface area contributed by atoms with Gasteiger partial charge in [-0.3, -0.25) is 4.79 Å². The van der Waals surface area contributed by atoms with Gasteiger partial charge in [-0.25, -0.2) is 4.39 Å². The normalized spacial score (nSPS) is 17.3. The average molecular weight is 245 g/mol. The molecule has 1 aromatic heterocycles. The summed E-state index contributed by atoms with van der Waals surface area (Å²) >= 11 is 0. The van der Waals surface area contributed by atoms with E-state index in [-0.39, 0.29) is 17.5 Å². The number of nitrogens with zero attached hydrogens (tertiary/aromatic N) is 1. The second-order valence-corrected chi connectivity index (χ2v) is 4.39. The third-order valence-electron chi connectivity index (χ3n) is 3.06. The standard InChI is InChI=1S/C14H12FNO2/c15-11-4-5-13-10(7-11)8-12(18-13)9-16-6-2-1-3-14(16)17/h1-7,12H,8-9H2. The summed E-state index contributed by atoms with van der Waals surface area (Å²) in [6.45, 7) is 0.482. The fourth-order valence-electron chi connectivity index (χ4n) is 2.22. The van der Waals surface area contributed by atoms with Gasteiger partial charge in [0.15, 0.2) is 0 Å². The van der Waals surface area contributed by atoms with E-state index in [1.54, 1.807) is 22.9 Å². The largest absolute Gasteiger partial charge is 0.488 e. The number of hydrogen-bond acceptors (Lipinski definition) is 2. The molecule has 1 atom stereocenters. The van der Waals surface area contributed by atoms with Crippen LogP contribution in [0.15, 0.2) is 47.4 Å². The van der Waals surface area contributed by atoms with Crippen LogP contribution in [0.5, 0.6) is 5.75 Å². The van der Waals surface area contributed by atoms with E-state index in [1.807, 2.05) is 6.07 Å². The fraction of sp³-hybridized carbons (Fsp3) is 0.214. The number of fused-ring (bicyclic) bond motifs is 1. The molecule has 0 amide bonds. The van der Waals surface area contributed by atoms with E-state index < -0.39 is 0 Å². The van der Waals surface area contributed by atoms with E-state index in [0.717, 1.165) is 5.56 Å². The quantitative estimate of drug-likeness (QED) is 0.810. The molecule has 4 heteroatoms. The molecule has 3 rings (SSSR count). The van der Waals surface area contributed by atoms with E-state index in [9.17, 15) is 9.18 Å². The molecule has 1 aliphatic heterocycles. The van der Waals surface area contributed by atoms with Gasteiger partial charge in [-0.05, 0) is 24.3 Å². The number of ether oxygens (including phenoxy) is 1. The van der Waals surface area contributed by atoms with Gasteiger partial charge < -0.3 is 9.30 Å². The Morgan fingerprint density at radius 2 is 2.22 bits per heavy atom. The SMILES string of the molecule is O=c1ccccn1CC1Cc2cc(F)ccc2O1. The maximum Gasteiger partial charge on any atom is 0.250 e. The van der Waals surface area contributed by atoms with Crippen molar-refractivity contribution in [2.75, 3.05) is 0 Å². The molecule has 1 aliphatic rings. The Kier molecular flexibility index (Phi) is 2.63. The van der Waals surface area contributed by atoms with E-state index >= 15 is 0 Å². The van der Waals surface area contributed by atoms with Crippen LogP contribution in [0.3, 0.4) is 0 Å². The van der Waals surface area contributed by atoms with Crippen LogP contribution in [0.2, 0.25) is 0 Å². The first kappa shape index (κ1) is 11.0. The number of aromatic nitrogens is 1. The first-order chi connectivity index (χ1) is 8.72. The van der Waals surface area contributed by atoms with Crippen LogP contribution in [0.25, 0.3) is 0 Å². The minimum Gasteiger partial charge on any atom is -0.488 e. The van der Waals surface area contributed by atoms with Crippen molar-refractivity contribution in [1.29, 1.82) is 0 Å². The lowest BCUT2D eigenvalue weighted by atomic mass is 10.1. The van der Waals surface area contributed by atoms with E-state index in [1.165, 1.54) is 18.2 Å². The molecule has 0 bridgehead atoms. The zero-order valence-electron chi connectivity index (χ0n) is 9.67. The van der Waals surface area contributed by atoms with Crippen LogP contribution in [-0.2, 0) is 13.0 Å². The Morgan fingerprint density at radius 3 is 3.06 bits per heavy atom. The summed E-state index contributed by atoms with van der Waals surface area (Å²) in [6, 6.07) is 9.54. The fourth-order valence-corrected chi connectivity index (χ4v) is 2.22. The maximum absolute atomic E-state index is 13.1. The van der Waals surface area contributed by atoms with Crippen molar-refractivity contribution in [3.63, 3.8) is 0 Å². The van der Waals surface area contributed by atoms with Crippen molar-refractivity contribution in [2.45, 2.75) is 19.1 Å². The van der Waals surface area contributed by atoms with Crippen LogP contribution < -0.4 is 10.3 Å². The highest BCUT2D eigenvalue weighted by atomic mass is 19.1. The minimum absolute atomic E-state index is 0.0526. The van der Waals surface area contributed by atoms with Crippen LogP contribution in [0.4, 0.5) is 4.39 Å². The molecule has 0 saturated carbocycles. The smallest absolute Gasteiger partial charge is 0.250 e. The lowest BCUT2D eigenvalue weighted by Gasteiger charge is -2.12. The van der Waals surface area contributed by atoms with Gasteiger partial charge in [0.05, 0.1) is 6.54 Å². The van der Waals surface area contributed by atoms with Crippen molar-refractivity contribution in [3.8, 4) is 5.75 Å². The molecule has 0 radical (unpaired) electrons. The molecule has 0 aliphatic carbocycles. The van der Waals surface area contributed by atoms with Gasteiger partial charge in [-0.2, -0.15) is 0 Å². The number of benzene rings is 1. The number of rotatable bonds is 2. The van der Waals surface area contributed by atoms with Crippen molar-refractivity contribution < 1.29 is 9.13 Å². The molecule has 2 heterocycles. The van der Waals surface area contributed by atoms with Gasteiger partial charge in [-0.1, -0.05) is 6.07 Å². The maximum atomic E-state index is 13.1. The molecular weight excluding hydrogens is 233 g/mol. The molecule has 0 spiro atoms. The lowest BCUT2D eigenvalue weighted by Crippen LogP contribution is -2.27. The predicted octanol–water partition coefficient (Wildman–Crippen LogP) is 1.99. The summed E-state index contributed by atoms with van der Waals surface area (Å²) < 4.78 is 20.4. The van der Waals surface area contributed by atoms with E-state index in [2.05, 4.69) is 0 Å². The molecule has 0 saturated heterocycles. The Balaban J connectivity index is 1.79. The van der Waals surface area contributed by atoms with E-state index in [4.69, 9.17) is 4.74 Å². The molecule has 0 fully saturated rings. The second kappa shape index (κ2) is 4.29. The Morgan fingerprint density at radius 1 is 1.33 bits per heavy atom. The molecule has 1 aromatic carbocycles. The summed E-state index contributed by atoms with van der Waals surface area (Å²) in [5.41, 5.74) is 0.812. The third kappa shape index (κ3) is 2.01. The topological polar surface area (TPSA) is 31.2 Å². The molecular formula is C14H12FNO2. The van der Waals surface area contributed by atoms with Gasteiger partial charge in [0.25, 0.3) is 5.56 Å². The molecule has 18 heavy (non-hydrogen) atoms. The summed E-state index contributed by atoms with van der Waals surface area (Å²) in [5, 5.41) is 0. The highest BCUT2D eigenvalue weighted by Crippen LogP contribution is 2.29. The zero-order chi connectivity index (χ0) is 12.5. The summed E-state index contributed by atoms with van der Waals surface area (Å²) in [5.74, 6) is 0.459. The monoisotopic (exact) mass is 245 g/mol. The van der Waals surface area contributed by atoms with Gasteiger partial charge >= 0.3 is 0 Å². The first-order valence-electron chi connectivity index (χ1n) is 5.83. The van der Waals surface area contributed by atoms with Crippen molar-refractivity contribution in [1.82, 2.24) is 4.57 Å². The van der Waals surface area contributed by atoms with Gasteiger partial charge in [0.2, 0.25) is 0 Å². The Hall–Kier alpha value is -2.10. The summed E-state index contributed by atoms with van der Waals surface area (Å²) in [6.07, 6.45) is 2.26. The molecule has 0 N–H and O–H groups in total. The summed E-state index contributed by atoms with van der Waals surface area (Å²) in [7, 11) is 0. The highest BCUT2D eigenvalue weighted by Gasteiger charge is 2.23. The summed E-state index contributed by atoms with van der Waals surface area (Å²) in [4.78, 5) is 11.6. The number of pyridine rings is 1. The Labute approximate surface area is 103 Å². The predicted molar refractivity (Wildman–Crippen MR) is 65.2 cm³/mol. The van der Waals surface area contributed by atoms with Crippen LogP contribution in [-0.4, -0.2) is 10.7 Å². The van der Waals surface area contributed by atoms with Crippen molar-refractivity contribution >= 4 is 0 Å². The van der Waals surface area contributed by atoms with Crippen LogP contribution in [0, 0.1) is 5.82 Å². The second-order valence-electron chi connectivity index (χ2n) is 4.39. The molecule has 2 aromatic rings. The molecule has 3 nitrogen and oxygen atoms in total. The minimum atomic E-state index is -0.255. The van der Waals surface area contributed by atoms with Crippen molar-refractivity contribution in [3.05, 3.63) is 64.3 Å². The number of hydrogen-bond donors (Lipinski definition) is 0. The third-order valence-corrected chi connectivity index (χ3v) is 3.06. The van der Waals surface area contributed by atoms with Crippen LogP contribution >= 0.6 is 0 Å². The molecule has 92 valence electrons. The van der Waals surface area contributed by atoms with Crippen LogP contribution in [0.1, 0.15) is 5.56 Å². The van der Waals surface area contributed by atoms with Gasteiger partial charge in [0.1, 0.15) is 17.7 Å². The van der Waals surface area contributed by atoms with E-state index in [0.29, 0.717) is 18.7 Å². The van der Waals surface area contributed by atoms with Crippen molar-refractivity contribution in [2.24, 2.45) is 0 Å². The lowest BCUT2D eigenvalue weighted by molar-refractivity contribution is 0.207. The highest BCUT2D eigenvalue weighted by molar-refractivity contribution is 5.37. The number of halogens is 1. The molecule has 1 unspecified atom stereocenters. The zero-order valence-corrected chi connectivity index (χ0v) is 9.67. The Bertz CT molecular complexity index is 636. The average Bonchev–Trinajstić information content (AvgIpc) is 2.73. The van der Waals surface area contributed by atoms with Gasteiger partial charge in [0, 0.05) is 24.2 Å². The van der Waals surface area contributed by atoms with Gasteiger partial charge in [-0.15, -0.1) is 0 Å². The first-order valence-corrected chi connectivity index (χ1v) is 5.83.